The number of aryl methyl sites for hydroxylation is 1. The van der Waals surface area contributed by atoms with Gasteiger partial charge in [-0.1, -0.05) is 13.8 Å². The minimum absolute atomic E-state index is 0.169. The molecule has 0 fully saturated rings. The van der Waals surface area contributed by atoms with Crippen molar-refractivity contribution in [2.75, 3.05) is 5.32 Å². The number of hydrogen-bond donors (Lipinski definition) is 1. The van der Waals surface area contributed by atoms with Gasteiger partial charge in [0.15, 0.2) is 0 Å². The summed E-state index contributed by atoms with van der Waals surface area (Å²) in [7, 11) is 0. The molecule has 0 radical (unpaired) electrons. The second-order valence-corrected chi connectivity index (χ2v) is 4.44. The molecule has 4 heteroatoms. The van der Waals surface area contributed by atoms with Crippen molar-refractivity contribution in [1.82, 2.24) is 0 Å². The molecule has 0 bridgehead atoms. The Labute approximate surface area is 95.8 Å². The van der Waals surface area contributed by atoms with Gasteiger partial charge in [-0.3, -0.25) is 10.1 Å². The molecular formula is C12H18N2O2. The Morgan fingerprint density at radius 1 is 1.31 bits per heavy atom. The van der Waals surface area contributed by atoms with Crippen LogP contribution in [0.25, 0.3) is 0 Å². The molecule has 1 N–H and O–H groups in total. The Kier molecular flexibility index (Phi) is 3.88. The van der Waals surface area contributed by atoms with E-state index in [0.717, 1.165) is 5.69 Å². The van der Waals surface area contributed by atoms with Crippen molar-refractivity contribution in [2.24, 2.45) is 5.92 Å². The van der Waals surface area contributed by atoms with E-state index in [2.05, 4.69) is 26.1 Å². The molecule has 4 nitrogen and oxygen atoms in total. The average molecular weight is 222 g/mol. The van der Waals surface area contributed by atoms with Crippen molar-refractivity contribution in [3.8, 4) is 0 Å². The Morgan fingerprint density at radius 3 is 2.38 bits per heavy atom. The summed E-state index contributed by atoms with van der Waals surface area (Å²) in [5.74, 6) is 0.524. The lowest BCUT2D eigenvalue weighted by molar-refractivity contribution is -0.385. The molecule has 1 unspecified atom stereocenters. The monoisotopic (exact) mass is 222 g/mol. The lowest BCUT2D eigenvalue weighted by Crippen LogP contribution is -2.21. The van der Waals surface area contributed by atoms with Crippen LogP contribution in [0.15, 0.2) is 18.2 Å². The minimum atomic E-state index is -0.356. The second kappa shape index (κ2) is 4.96. The van der Waals surface area contributed by atoms with Gasteiger partial charge in [0, 0.05) is 23.4 Å². The number of rotatable bonds is 4. The van der Waals surface area contributed by atoms with Gasteiger partial charge >= 0.3 is 0 Å². The van der Waals surface area contributed by atoms with Crippen LogP contribution >= 0.6 is 0 Å². The van der Waals surface area contributed by atoms with Crippen LogP contribution in [0, 0.1) is 23.0 Å². The molecule has 0 aliphatic carbocycles. The molecule has 1 aromatic rings. The molecule has 0 aromatic heterocycles. The molecule has 0 amide bonds. The van der Waals surface area contributed by atoms with Gasteiger partial charge in [0.05, 0.1) is 4.92 Å². The van der Waals surface area contributed by atoms with Gasteiger partial charge in [-0.15, -0.1) is 0 Å². The largest absolute Gasteiger partial charge is 0.382 e. The summed E-state index contributed by atoms with van der Waals surface area (Å²) < 4.78 is 0. The fraction of sp³-hybridized carbons (Fsp3) is 0.500. The molecule has 0 aliphatic rings. The van der Waals surface area contributed by atoms with Crippen molar-refractivity contribution in [1.29, 1.82) is 0 Å². The van der Waals surface area contributed by atoms with Gasteiger partial charge in [-0.2, -0.15) is 0 Å². The molecule has 88 valence electrons. The van der Waals surface area contributed by atoms with Crippen LogP contribution in [0.1, 0.15) is 26.3 Å². The third-order valence-corrected chi connectivity index (χ3v) is 2.79. The van der Waals surface area contributed by atoms with Crippen LogP contribution < -0.4 is 5.32 Å². The fourth-order valence-electron chi connectivity index (χ4n) is 1.38. The maximum Gasteiger partial charge on any atom is 0.272 e. The maximum absolute atomic E-state index is 10.6. The molecule has 1 atom stereocenters. The molecule has 1 rings (SSSR count). The highest BCUT2D eigenvalue weighted by Crippen LogP contribution is 2.22. The lowest BCUT2D eigenvalue weighted by Gasteiger charge is -2.18. The third kappa shape index (κ3) is 2.95. The number of nitrogens with zero attached hydrogens (tertiary/aromatic N) is 1. The van der Waals surface area contributed by atoms with Crippen molar-refractivity contribution >= 4 is 11.4 Å². The van der Waals surface area contributed by atoms with E-state index >= 15 is 0 Å². The van der Waals surface area contributed by atoms with Gasteiger partial charge in [0.2, 0.25) is 0 Å². The van der Waals surface area contributed by atoms with Gasteiger partial charge in [0.25, 0.3) is 5.69 Å². The first-order valence-corrected chi connectivity index (χ1v) is 5.43. The van der Waals surface area contributed by atoms with Gasteiger partial charge in [-0.05, 0) is 31.9 Å². The van der Waals surface area contributed by atoms with Gasteiger partial charge in [0.1, 0.15) is 0 Å². The Bertz CT molecular complexity index is 389. The minimum Gasteiger partial charge on any atom is -0.382 e. The Hall–Kier alpha value is -1.58. The first-order valence-electron chi connectivity index (χ1n) is 5.43. The number of hydrogen-bond acceptors (Lipinski definition) is 3. The van der Waals surface area contributed by atoms with E-state index in [0.29, 0.717) is 17.5 Å². The molecule has 0 saturated heterocycles. The normalized spacial score (nSPS) is 12.6. The highest BCUT2D eigenvalue weighted by atomic mass is 16.6. The summed E-state index contributed by atoms with van der Waals surface area (Å²) in [5.41, 5.74) is 1.79. The fourth-order valence-corrected chi connectivity index (χ4v) is 1.38. The van der Waals surface area contributed by atoms with Crippen LogP contribution in [0.5, 0.6) is 0 Å². The predicted molar refractivity (Wildman–Crippen MR) is 65.8 cm³/mol. The van der Waals surface area contributed by atoms with Crippen LogP contribution in [-0.2, 0) is 0 Å². The van der Waals surface area contributed by atoms with E-state index in [1.807, 2.05) is 6.07 Å². The quantitative estimate of drug-likeness (QED) is 0.627. The standard InChI is InChI=1S/C12H18N2O2/c1-8(2)10(4)13-11-5-6-12(14(15)16)9(3)7-11/h5-8,10,13H,1-4H3. The smallest absolute Gasteiger partial charge is 0.272 e. The number of benzene rings is 1. The summed E-state index contributed by atoms with van der Waals surface area (Å²) in [4.78, 5) is 10.3. The molecular weight excluding hydrogens is 204 g/mol. The van der Waals surface area contributed by atoms with Crippen LogP contribution in [0.4, 0.5) is 11.4 Å². The summed E-state index contributed by atoms with van der Waals surface area (Å²) >= 11 is 0. The molecule has 0 saturated carbocycles. The maximum atomic E-state index is 10.6. The number of nitro groups is 1. The topological polar surface area (TPSA) is 55.2 Å². The van der Waals surface area contributed by atoms with E-state index in [-0.39, 0.29) is 10.6 Å². The summed E-state index contributed by atoms with van der Waals surface area (Å²) in [6.07, 6.45) is 0. The van der Waals surface area contributed by atoms with E-state index in [1.54, 1.807) is 19.1 Å². The Morgan fingerprint density at radius 2 is 1.94 bits per heavy atom. The molecule has 1 aromatic carbocycles. The first kappa shape index (κ1) is 12.5. The molecule has 0 aliphatic heterocycles. The van der Waals surface area contributed by atoms with Crippen molar-refractivity contribution in [2.45, 2.75) is 33.7 Å². The average Bonchev–Trinajstić information content (AvgIpc) is 2.16. The van der Waals surface area contributed by atoms with Gasteiger partial charge in [-0.25, -0.2) is 0 Å². The number of nitro benzene ring substituents is 1. The number of anilines is 1. The molecule has 16 heavy (non-hydrogen) atoms. The van der Waals surface area contributed by atoms with Crippen LogP contribution in [-0.4, -0.2) is 11.0 Å². The Balaban J connectivity index is 2.85. The molecule has 0 heterocycles. The highest BCUT2D eigenvalue weighted by Gasteiger charge is 2.12. The van der Waals surface area contributed by atoms with E-state index < -0.39 is 0 Å². The van der Waals surface area contributed by atoms with Gasteiger partial charge < -0.3 is 5.32 Å². The van der Waals surface area contributed by atoms with Crippen molar-refractivity contribution < 1.29 is 4.92 Å². The zero-order chi connectivity index (χ0) is 12.3. The predicted octanol–water partition coefficient (Wildman–Crippen LogP) is 3.36. The summed E-state index contributed by atoms with van der Waals surface area (Å²) in [6.45, 7) is 8.12. The van der Waals surface area contributed by atoms with Crippen molar-refractivity contribution in [3.05, 3.63) is 33.9 Å². The lowest BCUT2D eigenvalue weighted by atomic mass is 10.1. The van der Waals surface area contributed by atoms with E-state index in [1.165, 1.54) is 0 Å². The highest BCUT2D eigenvalue weighted by molar-refractivity contribution is 5.53. The first-order chi connectivity index (χ1) is 7.41. The number of nitrogens with one attached hydrogen (secondary N) is 1. The zero-order valence-corrected chi connectivity index (χ0v) is 10.2. The third-order valence-electron chi connectivity index (χ3n) is 2.79. The SMILES string of the molecule is Cc1cc(NC(C)C(C)C)ccc1[N+](=O)[O-]. The second-order valence-electron chi connectivity index (χ2n) is 4.44. The summed E-state index contributed by atoms with van der Waals surface area (Å²) in [5, 5.41) is 14.0. The summed E-state index contributed by atoms with van der Waals surface area (Å²) in [6, 6.07) is 5.46. The van der Waals surface area contributed by atoms with Crippen molar-refractivity contribution in [3.63, 3.8) is 0 Å². The van der Waals surface area contributed by atoms with Crippen LogP contribution in [0.2, 0.25) is 0 Å². The van der Waals surface area contributed by atoms with E-state index in [9.17, 15) is 10.1 Å². The van der Waals surface area contributed by atoms with E-state index in [4.69, 9.17) is 0 Å². The zero-order valence-electron chi connectivity index (χ0n) is 10.2. The molecule has 0 spiro atoms. The van der Waals surface area contributed by atoms with Crippen LogP contribution in [0.3, 0.4) is 0 Å².